The molecule has 8 atom stereocenters. The van der Waals surface area contributed by atoms with Gasteiger partial charge in [-0.3, -0.25) is 4.79 Å². The van der Waals surface area contributed by atoms with Gasteiger partial charge in [-0.05, 0) is 58.2 Å². The number of rotatable bonds is 8. The monoisotopic (exact) mass is 550 g/mol. The second kappa shape index (κ2) is 10.3. The fourth-order valence-corrected chi connectivity index (χ4v) is 10.4. The summed E-state index contributed by atoms with van der Waals surface area (Å²) in [6, 6.07) is 0.963. The Bertz CT molecular complexity index is 976. The molecule has 0 amide bonds. The molecule has 0 aromatic rings. The van der Waals surface area contributed by atoms with Gasteiger partial charge in [-0.2, -0.15) is 0 Å². The minimum absolute atomic E-state index is 0.0830. The Morgan fingerprint density at radius 1 is 1.24 bits per heavy atom. The SMILES string of the molecule is C=C[C@@]1(C)CC(=O)[C@]2(O)[C@@]3(C)C(O[Si](C)(C)CCCC)CCC(C)(C)[C@@H]3[C@H](O)[C@H](OC(=O)/C=C/C)[C@@]2(C)O1. The van der Waals surface area contributed by atoms with Crippen LogP contribution in [0.3, 0.4) is 0 Å². The van der Waals surface area contributed by atoms with Gasteiger partial charge >= 0.3 is 5.97 Å². The first-order valence-electron chi connectivity index (χ1n) is 14.2. The van der Waals surface area contributed by atoms with E-state index >= 15 is 0 Å². The van der Waals surface area contributed by atoms with Crippen molar-refractivity contribution in [2.24, 2.45) is 16.7 Å². The Morgan fingerprint density at radius 2 is 1.87 bits per heavy atom. The van der Waals surface area contributed by atoms with Crippen LogP contribution < -0.4 is 0 Å². The molecule has 2 N–H and O–H groups in total. The summed E-state index contributed by atoms with van der Waals surface area (Å²) in [4.78, 5) is 27.1. The molecule has 1 heterocycles. The van der Waals surface area contributed by atoms with E-state index in [2.05, 4.69) is 26.6 Å². The first-order valence-corrected chi connectivity index (χ1v) is 17.3. The Kier molecular flexibility index (Phi) is 8.42. The van der Waals surface area contributed by atoms with Gasteiger partial charge in [0.05, 0.1) is 17.8 Å². The fourth-order valence-electron chi connectivity index (χ4n) is 7.99. The van der Waals surface area contributed by atoms with Crippen molar-refractivity contribution in [3.05, 3.63) is 24.8 Å². The number of ketones is 1. The summed E-state index contributed by atoms with van der Waals surface area (Å²) in [5, 5.41) is 25.0. The molecule has 1 saturated heterocycles. The van der Waals surface area contributed by atoms with E-state index in [1.54, 1.807) is 32.9 Å². The van der Waals surface area contributed by atoms with E-state index in [9.17, 15) is 19.8 Å². The zero-order valence-electron chi connectivity index (χ0n) is 24.9. The van der Waals surface area contributed by atoms with Crippen LogP contribution in [-0.2, 0) is 23.5 Å². The summed E-state index contributed by atoms with van der Waals surface area (Å²) in [5.74, 6) is -1.67. The van der Waals surface area contributed by atoms with Gasteiger partial charge in [-0.1, -0.05) is 52.7 Å². The van der Waals surface area contributed by atoms with Crippen LogP contribution in [0.1, 0.15) is 80.6 Å². The van der Waals surface area contributed by atoms with E-state index in [4.69, 9.17) is 13.9 Å². The molecule has 2 aliphatic carbocycles. The van der Waals surface area contributed by atoms with Gasteiger partial charge in [-0.25, -0.2) is 4.79 Å². The number of carbonyl (C=O) groups is 2. The van der Waals surface area contributed by atoms with Crippen LogP contribution in [0.4, 0.5) is 0 Å². The number of unbranched alkanes of at least 4 members (excludes halogenated alkanes) is 1. The van der Waals surface area contributed by atoms with E-state index in [1.807, 2.05) is 20.8 Å². The van der Waals surface area contributed by atoms with Crippen LogP contribution >= 0.6 is 0 Å². The number of hydrogen-bond acceptors (Lipinski definition) is 7. The lowest BCUT2D eigenvalue weighted by Gasteiger charge is -2.72. The summed E-state index contributed by atoms with van der Waals surface area (Å²) in [5.41, 5.74) is -6.64. The van der Waals surface area contributed by atoms with Gasteiger partial charge in [0.2, 0.25) is 0 Å². The van der Waals surface area contributed by atoms with Crippen LogP contribution in [0.5, 0.6) is 0 Å². The molecular weight excluding hydrogens is 500 g/mol. The largest absolute Gasteiger partial charge is 0.453 e. The molecule has 0 radical (unpaired) electrons. The molecule has 0 aromatic carbocycles. The van der Waals surface area contributed by atoms with Gasteiger partial charge in [0.15, 0.2) is 25.8 Å². The quantitative estimate of drug-likeness (QED) is 0.187. The molecule has 0 aromatic heterocycles. The second-order valence-electron chi connectivity index (χ2n) is 13.6. The molecule has 0 spiro atoms. The first-order chi connectivity index (χ1) is 17.4. The van der Waals surface area contributed by atoms with Crippen molar-refractivity contribution in [3.63, 3.8) is 0 Å². The number of ether oxygens (including phenoxy) is 2. The van der Waals surface area contributed by atoms with Crippen molar-refractivity contribution < 1.29 is 33.7 Å². The highest BCUT2D eigenvalue weighted by Gasteiger charge is 2.81. The van der Waals surface area contributed by atoms with Crippen LogP contribution in [-0.4, -0.2) is 65.4 Å². The van der Waals surface area contributed by atoms with Crippen LogP contribution in [0.25, 0.3) is 0 Å². The summed E-state index contributed by atoms with van der Waals surface area (Å²) < 4.78 is 19.4. The maximum absolute atomic E-state index is 14.3. The van der Waals surface area contributed by atoms with E-state index < -0.39 is 71.9 Å². The Labute approximate surface area is 230 Å². The minimum Gasteiger partial charge on any atom is -0.453 e. The van der Waals surface area contributed by atoms with Crippen LogP contribution in [0.2, 0.25) is 19.1 Å². The number of aliphatic hydroxyl groups excluding tert-OH is 1. The lowest BCUT2D eigenvalue weighted by molar-refractivity contribution is -0.369. The normalized spacial score (nSPS) is 42.9. The standard InChI is InChI=1S/C30H50O7Si/c1-11-14-18-38(9,10)36-21-16-17-26(4,5)24-23(33)25(35-22(32)15-12-2)29(8)30(34,28(21,24)7)20(31)19-27(6,13-3)37-29/h12-13,15,21,23-25,33-34H,3,11,14,16-19H2,1-2,4-10H3/b15-12+/t21?,23-,24-,25-,27-,28-,29+,30-/m0/s1. The van der Waals surface area contributed by atoms with E-state index in [0.29, 0.717) is 6.42 Å². The Balaban J connectivity index is 2.28. The molecular formula is C30H50O7Si. The molecule has 8 heteroatoms. The molecule has 7 nitrogen and oxygen atoms in total. The molecule has 0 bridgehead atoms. The van der Waals surface area contributed by atoms with Gasteiger partial charge in [-0.15, -0.1) is 6.58 Å². The number of hydrogen-bond donors (Lipinski definition) is 2. The van der Waals surface area contributed by atoms with Crippen LogP contribution in [0.15, 0.2) is 24.8 Å². The summed E-state index contributed by atoms with van der Waals surface area (Å²) in [6.07, 6.45) is 4.77. The number of aliphatic hydroxyl groups is 2. The molecule has 3 aliphatic rings. The molecule has 38 heavy (non-hydrogen) atoms. The Morgan fingerprint density at radius 3 is 2.42 bits per heavy atom. The van der Waals surface area contributed by atoms with Crippen LogP contribution in [0, 0.1) is 16.7 Å². The Hall–Kier alpha value is -1.32. The summed E-state index contributed by atoms with van der Waals surface area (Å²) in [6.45, 7) is 21.4. The summed E-state index contributed by atoms with van der Waals surface area (Å²) in [7, 11) is -2.18. The summed E-state index contributed by atoms with van der Waals surface area (Å²) >= 11 is 0. The molecule has 1 unspecified atom stereocenters. The number of fused-ring (bicyclic) bond motifs is 3. The number of Topliss-reactive ketones (excluding diaryl/α,β-unsaturated/α-hetero) is 1. The third-order valence-corrected chi connectivity index (χ3v) is 12.3. The average molecular weight is 551 g/mol. The lowest BCUT2D eigenvalue weighted by Crippen LogP contribution is -2.87. The fraction of sp³-hybridized carbons (Fsp3) is 0.800. The topological polar surface area (TPSA) is 102 Å². The molecule has 2 saturated carbocycles. The third-order valence-electron chi connectivity index (χ3n) is 9.83. The van der Waals surface area contributed by atoms with Gasteiger partial charge < -0.3 is 24.1 Å². The predicted molar refractivity (Wildman–Crippen MR) is 150 cm³/mol. The van der Waals surface area contributed by atoms with Crippen molar-refractivity contribution in [2.45, 2.75) is 135 Å². The minimum atomic E-state index is -2.18. The highest BCUT2D eigenvalue weighted by Crippen LogP contribution is 2.67. The highest BCUT2D eigenvalue weighted by atomic mass is 28.4. The highest BCUT2D eigenvalue weighted by molar-refractivity contribution is 6.71. The smallest absolute Gasteiger partial charge is 0.330 e. The molecule has 216 valence electrons. The molecule has 3 fully saturated rings. The number of esters is 1. The zero-order chi connectivity index (χ0) is 28.9. The molecule has 3 rings (SSSR count). The predicted octanol–water partition coefficient (Wildman–Crippen LogP) is 5.11. The third kappa shape index (κ3) is 4.68. The van der Waals surface area contributed by atoms with Crippen molar-refractivity contribution in [2.75, 3.05) is 0 Å². The van der Waals surface area contributed by atoms with Gasteiger partial charge in [0.1, 0.15) is 5.60 Å². The van der Waals surface area contributed by atoms with Crippen molar-refractivity contribution in [1.29, 1.82) is 0 Å². The zero-order valence-corrected chi connectivity index (χ0v) is 25.9. The van der Waals surface area contributed by atoms with Crippen molar-refractivity contribution in [3.8, 4) is 0 Å². The number of carbonyl (C=O) groups excluding carboxylic acids is 2. The van der Waals surface area contributed by atoms with Crippen molar-refractivity contribution >= 4 is 20.1 Å². The maximum atomic E-state index is 14.3. The number of allylic oxidation sites excluding steroid dienone is 1. The second-order valence-corrected chi connectivity index (χ2v) is 17.9. The van der Waals surface area contributed by atoms with Gasteiger partial charge in [0, 0.05) is 23.8 Å². The first kappa shape index (κ1) is 31.2. The lowest BCUT2D eigenvalue weighted by atomic mass is 9.40. The average Bonchev–Trinajstić information content (AvgIpc) is 2.80. The maximum Gasteiger partial charge on any atom is 0.330 e. The van der Waals surface area contributed by atoms with Gasteiger partial charge in [0.25, 0.3) is 0 Å². The van der Waals surface area contributed by atoms with E-state index in [-0.39, 0.29) is 6.42 Å². The van der Waals surface area contributed by atoms with E-state index in [0.717, 1.165) is 25.3 Å². The van der Waals surface area contributed by atoms with Crippen molar-refractivity contribution in [1.82, 2.24) is 0 Å². The van der Waals surface area contributed by atoms with E-state index in [1.165, 1.54) is 6.08 Å². The molecule has 1 aliphatic heterocycles.